The number of benzene rings is 1. The van der Waals surface area contributed by atoms with E-state index in [9.17, 15) is 24.3 Å². The summed E-state index contributed by atoms with van der Waals surface area (Å²) in [7, 11) is -7.32. The molecule has 0 bridgehead atoms. The summed E-state index contributed by atoms with van der Waals surface area (Å²) in [5, 5.41) is 12.5. The van der Waals surface area contributed by atoms with Crippen LogP contribution in [0.4, 0.5) is 5.82 Å². The molecule has 14 heteroatoms. The van der Waals surface area contributed by atoms with E-state index in [2.05, 4.69) is 20.3 Å². The molecule has 3 heterocycles. The number of carbonyl (C=O) groups excluding carboxylic acids is 1. The maximum absolute atomic E-state index is 12.8. The Balaban J connectivity index is 1.72. The number of amides is 1. The Hall–Kier alpha value is -2.51. The summed E-state index contributed by atoms with van der Waals surface area (Å²) in [6.07, 6.45) is -0.726. The predicted octanol–water partition coefficient (Wildman–Crippen LogP) is 2.91. The molecule has 4 N–H and O–H groups in total. The Morgan fingerprint density at radius 3 is 2.46 bits per heavy atom. The van der Waals surface area contributed by atoms with Crippen LogP contribution in [0.1, 0.15) is 37.4 Å². The highest BCUT2D eigenvalue weighted by Gasteiger charge is 2.57. The highest BCUT2D eigenvalue weighted by molar-refractivity contribution is 7.52. The minimum Gasteiger partial charge on any atom is -0.410 e. The van der Waals surface area contributed by atoms with Crippen molar-refractivity contribution >= 4 is 38.8 Å². The van der Waals surface area contributed by atoms with Gasteiger partial charge in [0.2, 0.25) is 0 Å². The first-order valence-corrected chi connectivity index (χ1v) is 16.4. The molecule has 0 spiro atoms. The lowest BCUT2D eigenvalue weighted by atomic mass is 10.2. The van der Waals surface area contributed by atoms with Crippen molar-refractivity contribution in [2.45, 2.75) is 63.0 Å². The van der Waals surface area contributed by atoms with Gasteiger partial charge in [0.15, 0.2) is 31.5 Å². The van der Waals surface area contributed by atoms with Crippen LogP contribution in [0.2, 0.25) is 18.1 Å². The van der Waals surface area contributed by atoms with Crippen LogP contribution in [0.3, 0.4) is 0 Å². The van der Waals surface area contributed by atoms with Crippen molar-refractivity contribution in [3.63, 3.8) is 0 Å². The number of anilines is 1. The molecule has 4 atom stereocenters. The van der Waals surface area contributed by atoms with Crippen molar-refractivity contribution in [3.8, 4) is 0 Å². The van der Waals surface area contributed by atoms with E-state index in [4.69, 9.17) is 9.16 Å². The van der Waals surface area contributed by atoms with Gasteiger partial charge in [-0.05, 0) is 30.3 Å². The number of hydrogen-bond donors (Lipinski definition) is 4. The predicted molar refractivity (Wildman–Crippen MR) is 139 cm³/mol. The van der Waals surface area contributed by atoms with Crippen LogP contribution in [0.5, 0.6) is 0 Å². The molecule has 1 aliphatic heterocycles. The second kappa shape index (κ2) is 9.99. The van der Waals surface area contributed by atoms with Gasteiger partial charge in [-0.25, -0.2) is 15.0 Å². The van der Waals surface area contributed by atoms with Crippen molar-refractivity contribution in [2.24, 2.45) is 0 Å². The highest BCUT2D eigenvalue weighted by Crippen LogP contribution is 2.55. The molecule has 2 aromatic heterocycles. The van der Waals surface area contributed by atoms with E-state index in [-0.39, 0.29) is 22.0 Å². The van der Waals surface area contributed by atoms with E-state index < -0.39 is 52.5 Å². The van der Waals surface area contributed by atoms with Gasteiger partial charge in [-0.2, -0.15) is 0 Å². The number of aromatic nitrogens is 4. The maximum Gasteiger partial charge on any atom is 0.335 e. The summed E-state index contributed by atoms with van der Waals surface area (Å²) in [4.78, 5) is 46.2. The van der Waals surface area contributed by atoms with Crippen LogP contribution in [0.25, 0.3) is 11.2 Å². The average Bonchev–Trinajstić information content (AvgIpc) is 3.40. The number of nitrogens with zero attached hydrogens (tertiary/aromatic N) is 4. The smallest absolute Gasteiger partial charge is 0.335 e. The number of ether oxygens (including phenoxy) is 1. The lowest BCUT2D eigenvalue weighted by Crippen LogP contribution is -2.49. The monoisotopic (exact) mass is 549 g/mol. The van der Waals surface area contributed by atoms with E-state index in [1.54, 1.807) is 30.3 Å². The molecule has 200 valence electrons. The van der Waals surface area contributed by atoms with Crippen molar-refractivity contribution in [3.05, 3.63) is 48.5 Å². The Morgan fingerprint density at radius 2 is 1.86 bits per heavy atom. The molecule has 4 rings (SSSR count). The number of rotatable bonds is 7. The molecular formula is C23H32N5O7PSi. The topological polar surface area (TPSA) is 169 Å². The molecule has 3 aromatic rings. The fourth-order valence-electron chi connectivity index (χ4n) is 4.02. The molecule has 37 heavy (non-hydrogen) atoms. The summed E-state index contributed by atoms with van der Waals surface area (Å²) in [5.41, 5.74) is -0.583. The summed E-state index contributed by atoms with van der Waals surface area (Å²) >= 11 is 0. The zero-order valence-corrected chi connectivity index (χ0v) is 23.2. The first kappa shape index (κ1) is 27.5. The van der Waals surface area contributed by atoms with Crippen LogP contribution >= 0.6 is 7.60 Å². The highest BCUT2D eigenvalue weighted by atomic mass is 31.2. The fraction of sp³-hybridized carbons (Fsp3) is 0.478. The minimum absolute atomic E-state index is 0.135. The quantitative estimate of drug-likeness (QED) is 0.254. The van der Waals surface area contributed by atoms with E-state index >= 15 is 0 Å². The first-order valence-electron chi connectivity index (χ1n) is 11.8. The Bertz CT molecular complexity index is 1320. The van der Waals surface area contributed by atoms with E-state index in [0.717, 1.165) is 0 Å². The third-order valence-electron chi connectivity index (χ3n) is 7.02. The van der Waals surface area contributed by atoms with E-state index in [1.807, 2.05) is 33.9 Å². The zero-order valence-electron chi connectivity index (χ0n) is 21.3. The van der Waals surface area contributed by atoms with Gasteiger partial charge < -0.3 is 29.4 Å². The van der Waals surface area contributed by atoms with Crippen LogP contribution in [0, 0.1) is 0 Å². The molecule has 1 amide bonds. The van der Waals surface area contributed by atoms with Crippen LogP contribution in [-0.2, 0) is 13.7 Å². The lowest BCUT2D eigenvalue weighted by Gasteiger charge is -2.40. The van der Waals surface area contributed by atoms with Crippen molar-refractivity contribution in [2.75, 3.05) is 11.9 Å². The van der Waals surface area contributed by atoms with Gasteiger partial charge in [-0.3, -0.25) is 13.9 Å². The number of aliphatic hydroxyl groups excluding tert-OH is 1. The summed E-state index contributed by atoms with van der Waals surface area (Å²) < 4.78 is 26.6. The number of nitrogens with one attached hydrogen (secondary N) is 1. The van der Waals surface area contributed by atoms with Gasteiger partial charge in [0.25, 0.3) is 5.91 Å². The lowest BCUT2D eigenvalue weighted by molar-refractivity contribution is -0.0411. The fourth-order valence-corrected chi connectivity index (χ4v) is 6.64. The van der Waals surface area contributed by atoms with Gasteiger partial charge in [-0.1, -0.05) is 39.0 Å². The molecule has 0 radical (unpaired) electrons. The Labute approximate surface area is 215 Å². The standard InChI is InChI=1S/C23H32N5O7PSi/c1-23(2,3)37(4,5)35-17-15(11-29)34-22(18(17)36(31,32)33)28-13-26-16-19(24-12-25-20(16)28)27-21(30)14-9-7-6-8-10-14/h6-10,12-13,15,17-18,22,29H,11H2,1-5H3,(H2,31,32,33)(H,24,25,27,30)/t15-,17-,18-,22-/m1/s1. The first-order chi connectivity index (χ1) is 17.2. The Kier molecular flexibility index (Phi) is 7.43. The molecule has 1 aromatic carbocycles. The molecule has 0 saturated carbocycles. The Morgan fingerprint density at radius 1 is 1.19 bits per heavy atom. The molecule has 1 fully saturated rings. The second-order valence-electron chi connectivity index (χ2n) is 10.5. The maximum atomic E-state index is 12.8. The van der Waals surface area contributed by atoms with Gasteiger partial charge in [0, 0.05) is 5.56 Å². The SMILES string of the molecule is CC(C)(C)[Si](C)(C)O[C@H]1[C@@H](P(=O)(O)O)[C@H](n2cnc3c(NC(=O)c4ccccc4)ncnc32)O[C@@H]1CO. The third kappa shape index (κ3) is 5.39. The largest absolute Gasteiger partial charge is 0.410 e. The van der Waals surface area contributed by atoms with Crippen molar-refractivity contribution < 1.29 is 33.4 Å². The van der Waals surface area contributed by atoms with Crippen LogP contribution in [-0.4, -0.2) is 73.1 Å². The number of carbonyl (C=O) groups is 1. The van der Waals surface area contributed by atoms with Crippen molar-refractivity contribution in [1.82, 2.24) is 19.5 Å². The van der Waals surface area contributed by atoms with E-state index in [0.29, 0.717) is 5.56 Å². The zero-order chi connectivity index (χ0) is 27.2. The minimum atomic E-state index is -4.81. The molecule has 0 aliphatic carbocycles. The van der Waals surface area contributed by atoms with Gasteiger partial charge in [-0.15, -0.1) is 0 Å². The third-order valence-corrected chi connectivity index (χ3v) is 12.8. The van der Waals surface area contributed by atoms with Crippen LogP contribution < -0.4 is 5.32 Å². The number of imidazole rings is 1. The molecule has 1 aliphatic rings. The molecular weight excluding hydrogens is 517 g/mol. The summed E-state index contributed by atoms with van der Waals surface area (Å²) in [6.45, 7) is 9.47. The van der Waals surface area contributed by atoms with Crippen molar-refractivity contribution in [1.29, 1.82) is 0 Å². The van der Waals surface area contributed by atoms with Gasteiger partial charge in [0.05, 0.1) is 19.0 Å². The van der Waals surface area contributed by atoms with Gasteiger partial charge in [0.1, 0.15) is 18.1 Å². The molecule has 12 nitrogen and oxygen atoms in total. The summed E-state index contributed by atoms with van der Waals surface area (Å²) in [6, 6.07) is 8.57. The van der Waals surface area contributed by atoms with Gasteiger partial charge >= 0.3 is 7.60 Å². The average molecular weight is 550 g/mol. The summed E-state index contributed by atoms with van der Waals surface area (Å²) in [5.74, 6) is -0.264. The molecule has 0 unspecified atom stereocenters. The number of fused-ring (bicyclic) bond motifs is 1. The van der Waals surface area contributed by atoms with E-state index in [1.165, 1.54) is 17.2 Å². The molecule has 1 saturated heterocycles. The number of aliphatic hydroxyl groups is 1. The number of hydrogen-bond acceptors (Lipinski definition) is 8. The second-order valence-corrected chi connectivity index (χ2v) is 17.1. The van der Waals surface area contributed by atoms with Crippen LogP contribution in [0.15, 0.2) is 43.0 Å². The normalized spacial score (nSPS) is 22.9.